The highest BCUT2D eigenvalue weighted by atomic mass is 127. The normalized spacial score (nSPS) is 20.4. The maximum absolute atomic E-state index is 12.2. The summed E-state index contributed by atoms with van der Waals surface area (Å²) in [6.07, 6.45) is 5.16. The Morgan fingerprint density at radius 1 is 1.33 bits per heavy atom. The number of hydrogen-bond acceptors (Lipinski definition) is 4. The Bertz CT molecular complexity index is 631. The van der Waals surface area contributed by atoms with E-state index in [2.05, 4.69) is 0 Å². The van der Waals surface area contributed by atoms with E-state index in [1.165, 1.54) is 0 Å². The fraction of sp³-hybridized carbons (Fsp3) is 0.154. The highest BCUT2D eigenvalue weighted by Gasteiger charge is 2.35. The zero-order valence-corrected chi connectivity index (χ0v) is 11.5. The predicted octanol–water partition coefficient (Wildman–Crippen LogP) is 2.16. The predicted molar refractivity (Wildman–Crippen MR) is 73.9 cm³/mol. The number of nitrogens with zero attached hydrogens (tertiary/aromatic N) is 2. The molecule has 5 heteroatoms. The highest BCUT2D eigenvalue weighted by molar-refractivity contribution is 14.1. The van der Waals surface area contributed by atoms with E-state index in [0.717, 1.165) is 6.42 Å². The monoisotopic (exact) mass is 349 g/mol. The lowest BCUT2D eigenvalue weighted by atomic mass is 9.96. The van der Waals surface area contributed by atoms with Crippen molar-refractivity contribution in [1.29, 1.82) is 10.5 Å². The van der Waals surface area contributed by atoms with Gasteiger partial charge in [0.2, 0.25) is 0 Å². The molecule has 0 amide bonds. The number of nitrogens with two attached hydrogens (primary N) is 1. The van der Waals surface area contributed by atoms with Gasteiger partial charge in [-0.2, -0.15) is 10.5 Å². The van der Waals surface area contributed by atoms with Crippen molar-refractivity contribution in [1.82, 2.24) is 0 Å². The summed E-state index contributed by atoms with van der Waals surface area (Å²) in [5.41, 5.74) is 7.69. The van der Waals surface area contributed by atoms with Crippen LogP contribution in [0.15, 0.2) is 43.7 Å². The van der Waals surface area contributed by atoms with Gasteiger partial charge in [0, 0.05) is 11.1 Å². The van der Waals surface area contributed by atoms with Crippen molar-refractivity contribution in [3.05, 3.63) is 43.7 Å². The van der Waals surface area contributed by atoms with Crippen LogP contribution in [0.2, 0.25) is 0 Å². The van der Waals surface area contributed by atoms with Gasteiger partial charge in [-0.1, -0.05) is 12.2 Å². The van der Waals surface area contributed by atoms with Gasteiger partial charge in [-0.05, 0) is 41.0 Å². The van der Waals surface area contributed by atoms with Crippen molar-refractivity contribution in [3.63, 3.8) is 0 Å². The summed E-state index contributed by atoms with van der Waals surface area (Å²) in [5.74, 6) is -0.153. The molecule has 0 radical (unpaired) electrons. The van der Waals surface area contributed by atoms with E-state index in [-0.39, 0.29) is 11.4 Å². The van der Waals surface area contributed by atoms with Crippen molar-refractivity contribution < 1.29 is 4.79 Å². The van der Waals surface area contributed by atoms with Gasteiger partial charge in [0.05, 0.1) is 9.28 Å². The maximum atomic E-state index is 12.2. The lowest BCUT2D eigenvalue weighted by molar-refractivity contribution is -0.111. The van der Waals surface area contributed by atoms with E-state index in [4.69, 9.17) is 16.3 Å². The van der Waals surface area contributed by atoms with E-state index >= 15 is 0 Å². The Morgan fingerprint density at radius 3 is 2.56 bits per heavy atom. The summed E-state index contributed by atoms with van der Waals surface area (Å²) in [6, 6.07) is 3.67. The maximum Gasteiger partial charge on any atom is 0.192 e. The first kappa shape index (κ1) is 12.6. The van der Waals surface area contributed by atoms with Crippen LogP contribution in [0.5, 0.6) is 0 Å². The van der Waals surface area contributed by atoms with Gasteiger partial charge in [-0.25, -0.2) is 0 Å². The van der Waals surface area contributed by atoms with Crippen LogP contribution < -0.4 is 5.73 Å². The largest absolute Gasteiger partial charge is 0.393 e. The molecule has 0 aromatic carbocycles. The van der Waals surface area contributed by atoms with Gasteiger partial charge < -0.3 is 5.73 Å². The number of ketones is 1. The molecule has 0 saturated carbocycles. The SMILES string of the molecule is N#CC(C#N)=C1C2=C(CCC=C2)C(=O)/C1=C(\N)I. The Labute approximate surface area is 118 Å². The lowest BCUT2D eigenvalue weighted by Crippen LogP contribution is -2.06. The Hall–Kier alpha value is -1.86. The molecule has 2 N–H and O–H groups in total. The summed E-state index contributed by atoms with van der Waals surface area (Å²) >= 11 is 1.85. The van der Waals surface area contributed by atoms with Crippen LogP contribution in [0.3, 0.4) is 0 Å². The van der Waals surface area contributed by atoms with E-state index < -0.39 is 0 Å². The molecule has 0 aliphatic heterocycles. The molecule has 0 saturated heterocycles. The Balaban J connectivity index is 2.81. The van der Waals surface area contributed by atoms with Gasteiger partial charge in [-0.3, -0.25) is 4.79 Å². The molecule has 4 nitrogen and oxygen atoms in total. The summed E-state index contributed by atoms with van der Waals surface area (Å²) in [6.45, 7) is 0. The van der Waals surface area contributed by atoms with Crippen molar-refractivity contribution in [2.24, 2.45) is 5.73 Å². The summed E-state index contributed by atoms with van der Waals surface area (Å²) < 4.78 is 0.318. The second-order valence-electron chi connectivity index (χ2n) is 3.86. The second kappa shape index (κ2) is 4.79. The lowest BCUT2D eigenvalue weighted by Gasteiger charge is -2.06. The molecule has 88 valence electrons. The van der Waals surface area contributed by atoms with Crippen molar-refractivity contribution in [2.45, 2.75) is 12.8 Å². The molecular weight excluding hydrogens is 341 g/mol. The molecule has 0 bridgehead atoms. The van der Waals surface area contributed by atoms with E-state index in [1.807, 2.05) is 40.8 Å². The van der Waals surface area contributed by atoms with E-state index in [9.17, 15) is 4.79 Å². The third-order valence-corrected chi connectivity index (χ3v) is 3.44. The van der Waals surface area contributed by atoms with Crippen molar-refractivity contribution in [3.8, 4) is 12.1 Å². The number of hydrogen-bond donors (Lipinski definition) is 1. The van der Waals surface area contributed by atoms with Crippen molar-refractivity contribution >= 4 is 28.4 Å². The third kappa shape index (κ3) is 1.77. The molecule has 2 aliphatic carbocycles. The molecule has 2 rings (SSSR count). The zero-order valence-electron chi connectivity index (χ0n) is 9.33. The third-order valence-electron chi connectivity index (χ3n) is 2.90. The fourth-order valence-corrected chi connectivity index (χ4v) is 2.67. The summed E-state index contributed by atoms with van der Waals surface area (Å²) in [5, 5.41) is 18.0. The van der Waals surface area contributed by atoms with Crippen LogP contribution in [0, 0.1) is 22.7 Å². The van der Waals surface area contributed by atoms with Crippen LogP contribution >= 0.6 is 22.6 Å². The zero-order chi connectivity index (χ0) is 13.3. The molecule has 0 heterocycles. The Kier molecular flexibility index (Phi) is 3.35. The quantitative estimate of drug-likeness (QED) is 0.314. The topological polar surface area (TPSA) is 90.7 Å². The fourth-order valence-electron chi connectivity index (χ4n) is 2.16. The molecule has 18 heavy (non-hydrogen) atoms. The number of Topliss-reactive ketones (excluding diaryl/α,β-unsaturated/α-hetero) is 1. The van der Waals surface area contributed by atoms with E-state index in [1.54, 1.807) is 6.08 Å². The first-order chi connectivity index (χ1) is 8.61. The minimum absolute atomic E-state index is 0.0606. The molecule has 0 atom stereocenters. The van der Waals surface area contributed by atoms with E-state index in [0.29, 0.717) is 32.4 Å². The molecule has 0 fully saturated rings. The van der Waals surface area contributed by atoms with Crippen molar-refractivity contribution in [2.75, 3.05) is 0 Å². The van der Waals surface area contributed by atoms with Crippen LogP contribution in [0.1, 0.15) is 12.8 Å². The highest BCUT2D eigenvalue weighted by Crippen LogP contribution is 2.41. The molecular formula is C13H8IN3O. The summed E-state index contributed by atoms with van der Waals surface area (Å²) in [7, 11) is 0. The number of rotatable bonds is 0. The molecule has 0 aromatic heterocycles. The number of carbonyl (C=O) groups is 1. The van der Waals surface area contributed by atoms with Crippen LogP contribution in [0.4, 0.5) is 0 Å². The van der Waals surface area contributed by atoms with Gasteiger partial charge in [0.1, 0.15) is 17.7 Å². The molecule has 0 aromatic rings. The minimum atomic E-state index is -0.153. The standard InChI is InChI=1S/C13H8IN3O/c14-13(17)11-10(7(5-15)6-16)8-3-1-2-4-9(8)12(11)18/h1,3H,2,4,17H2/b13-11-. The van der Waals surface area contributed by atoms with Gasteiger partial charge >= 0.3 is 0 Å². The van der Waals surface area contributed by atoms with Crippen LogP contribution in [-0.4, -0.2) is 5.78 Å². The number of allylic oxidation sites excluding steroid dienone is 7. The minimum Gasteiger partial charge on any atom is -0.393 e. The smallest absolute Gasteiger partial charge is 0.192 e. The molecule has 2 aliphatic rings. The van der Waals surface area contributed by atoms with Crippen LogP contribution in [-0.2, 0) is 4.79 Å². The first-order valence-electron chi connectivity index (χ1n) is 5.26. The summed E-state index contributed by atoms with van der Waals surface area (Å²) in [4.78, 5) is 12.2. The number of nitriles is 2. The number of carbonyl (C=O) groups excluding carboxylic acids is 1. The average molecular weight is 349 g/mol. The average Bonchev–Trinajstić information content (AvgIpc) is 2.66. The van der Waals surface area contributed by atoms with Gasteiger partial charge in [0.15, 0.2) is 5.78 Å². The van der Waals surface area contributed by atoms with Gasteiger partial charge in [-0.15, -0.1) is 0 Å². The van der Waals surface area contributed by atoms with Crippen LogP contribution in [0.25, 0.3) is 0 Å². The molecule has 0 spiro atoms. The second-order valence-corrected chi connectivity index (χ2v) is 5.02. The number of halogens is 1. The first-order valence-corrected chi connectivity index (χ1v) is 6.34. The molecule has 0 unspecified atom stereocenters. The Morgan fingerprint density at radius 2 is 2.00 bits per heavy atom. The van der Waals surface area contributed by atoms with Gasteiger partial charge in [0.25, 0.3) is 0 Å².